The lowest BCUT2D eigenvalue weighted by Gasteiger charge is -2.35. The van der Waals surface area contributed by atoms with Crippen LogP contribution in [0.4, 0.5) is 10.1 Å². The van der Waals surface area contributed by atoms with Gasteiger partial charge in [-0.05, 0) is 54.8 Å². The molecule has 2 N–H and O–H groups in total. The molecule has 0 saturated carbocycles. The van der Waals surface area contributed by atoms with E-state index in [2.05, 4.69) is 37.8 Å². The van der Waals surface area contributed by atoms with E-state index >= 15 is 0 Å². The topological polar surface area (TPSA) is 57.5 Å². The monoisotopic (exact) mass is 534 g/mol. The molecule has 1 aliphatic rings. The zero-order valence-corrected chi connectivity index (χ0v) is 19.9. The van der Waals surface area contributed by atoms with E-state index in [4.69, 9.17) is 0 Å². The number of hydrogen-bond donors (Lipinski definition) is 2. The summed E-state index contributed by atoms with van der Waals surface area (Å²) in [5, 5.41) is 11.2. The Labute approximate surface area is 199 Å². The van der Waals surface area contributed by atoms with Gasteiger partial charge in [0.2, 0.25) is 0 Å². The van der Waals surface area contributed by atoms with Crippen molar-refractivity contribution in [3.63, 3.8) is 0 Å². The molecule has 1 aromatic heterocycles. The van der Waals surface area contributed by atoms with Gasteiger partial charge in [-0.2, -0.15) is 5.10 Å². The van der Waals surface area contributed by atoms with Gasteiger partial charge in [0.05, 0.1) is 5.69 Å². The van der Waals surface area contributed by atoms with Crippen LogP contribution in [-0.4, -0.2) is 41.9 Å². The normalized spacial score (nSPS) is 16.5. The first-order chi connectivity index (χ1) is 14.7. The first kappa shape index (κ1) is 23.1. The van der Waals surface area contributed by atoms with Crippen LogP contribution in [0.3, 0.4) is 0 Å². The van der Waals surface area contributed by atoms with Gasteiger partial charge in [-0.3, -0.25) is 4.99 Å². The molecule has 2 aromatic carbocycles. The SMILES string of the molecule is CN=C(NCc1cccc(-n2cccn2)c1)NC1CCCN(c2cccc(F)c2)C1.I. The number of aromatic nitrogens is 2. The van der Waals surface area contributed by atoms with Crippen molar-refractivity contribution in [1.82, 2.24) is 20.4 Å². The first-order valence-corrected chi connectivity index (χ1v) is 10.3. The number of rotatable bonds is 5. The van der Waals surface area contributed by atoms with Crippen LogP contribution in [0.1, 0.15) is 18.4 Å². The maximum Gasteiger partial charge on any atom is 0.191 e. The summed E-state index contributed by atoms with van der Waals surface area (Å²) >= 11 is 0. The second kappa shape index (κ2) is 11.1. The first-order valence-electron chi connectivity index (χ1n) is 10.3. The second-order valence-electron chi connectivity index (χ2n) is 7.46. The Morgan fingerprint density at radius 1 is 1.16 bits per heavy atom. The van der Waals surface area contributed by atoms with E-state index in [9.17, 15) is 4.39 Å². The Morgan fingerprint density at radius 2 is 2.00 bits per heavy atom. The lowest BCUT2D eigenvalue weighted by Crippen LogP contribution is -2.51. The number of anilines is 1. The Balaban J connectivity index is 0.00000272. The van der Waals surface area contributed by atoms with E-state index in [1.807, 2.05) is 35.1 Å². The standard InChI is InChI=1S/C23H27FN6.HI/c1-25-23(26-16-18-6-2-10-22(14-18)30-13-5-11-27-30)28-20-8-4-12-29(17-20)21-9-3-7-19(24)15-21;/h2-3,5-7,9-11,13-15,20H,4,8,12,16-17H2,1H3,(H2,25,26,28);1H. The highest BCUT2D eigenvalue weighted by atomic mass is 127. The molecular formula is C23H28FIN6. The molecule has 0 aliphatic carbocycles. The number of aliphatic imine (C=N–C) groups is 1. The summed E-state index contributed by atoms with van der Waals surface area (Å²) in [7, 11) is 1.78. The fourth-order valence-electron chi connectivity index (χ4n) is 3.81. The van der Waals surface area contributed by atoms with Crippen molar-refractivity contribution in [1.29, 1.82) is 0 Å². The van der Waals surface area contributed by atoms with Crippen molar-refractivity contribution < 1.29 is 4.39 Å². The van der Waals surface area contributed by atoms with Crippen molar-refractivity contribution in [3.8, 4) is 5.69 Å². The maximum absolute atomic E-state index is 13.6. The highest BCUT2D eigenvalue weighted by molar-refractivity contribution is 14.0. The molecule has 0 bridgehead atoms. The zero-order chi connectivity index (χ0) is 20.8. The fraction of sp³-hybridized carbons (Fsp3) is 0.304. The summed E-state index contributed by atoms with van der Waals surface area (Å²) in [6.07, 6.45) is 5.81. The van der Waals surface area contributed by atoms with Gasteiger partial charge in [0.25, 0.3) is 0 Å². The highest BCUT2D eigenvalue weighted by Crippen LogP contribution is 2.20. The highest BCUT2D eigenvalue weighted by Gasteiger charge is 2.21. The summed E-state index contributed by atoms with van der Waals surface area (Å²) in [5.41, 5.74) is 3.11. The van der Waals surface area contributed by atoms with Gasteiger partial charge in [0.1, 0.15) is 5.82 Å². The molecule has 1 aliphatic heterocycles. The number of halogens is 2. The average Bonchev–Trinajstić information content (AvgIpc) is 3.32. The minimum atomic E-state index is -0.197. The molecular weight excluding hydrogens is 506 g/mol. The summed E-state index contributed by atoms with van der Waals surface area (Å²) in [6, 6.07) is 17.2. The molecule has 164 valence electrons. The van der Waals surface area contributed by atoms with Crippen LogP contribution in [0.5, 0.6) is 0 Å². The van der Waals surface area contributed by atoms with E-state index in [-0.39, 0.29) is 35.8 Å². The number of benzene rings is 2. The van der Waals surface area contributed by atoms with Crippen molar-refractivity contribution >= 4 is 35.6 Å². The van der Waals surface area contributed by atoms with E-state index < -0.39 is 0 Å². The van der Waals surface area contributed by atoms with Crippen LogP contribution in [0.15, 0.2) is 72.0 Å². The van der Waals surface area contributed by atoms with Crippen LogP contribution in [0, 0.1) is 5.82 Å². The van der Waals surface area contributed by atoms with E-state index in [0.29, 0.717) is 6.54 Å². The van der Waals surface area contributed by atoms with Crippen LogP contribution in [0.25, 0.3) is 5.69 Å². The molecule has 0 spiro atoms. The predicted molar refractivity (Wildman–Crippen MR) is 134 cm³/mol. The number of nitrogens with zero attached hydrogens (tertiary/aromatic N) is 4. The van der Waals surface area contributed by atoms with Gasteiger partial charge < -0.3 is 15.5 Å². The van der Waals surface area contributed by atoms with Gasteiger partial charge in [-0.1, -0.05) is 18.2 Å². The third-order valence-corrected chi connectivity index (χ3v) is 5.30. The molecule has 6 nitrogen and oxygen atoms in total. The van der Waals surface area contributed by atoms with Crippen molar-refractivity contribution in [2.45, 2.75) is 25.4 Å². The van der Waals surface area contributed by atoms with Gasteiger partial charge >= 0.3 is 0 Å². The largest absolute Gasteiger partial charge is 0.369 e. The van der Waals surface area contributed by atoms with E-state index in [0.717, 1.165) is 48.8 Å². The predicted octanol–water partition coefficient (Wildman–Crippen LogP) is 3.96. The van der Waals surface area contributed by atoms with Crippen molar-refractivity contribution in [2.75, 3.05) is 25.0 Å². The van der Waals surface area contributed by atoms with Crippen LogP contribution >= 0.6 is 24.0 Å². The fourth-order valence-corrected chi connectivity index (χ4v) is 3.81. The molecule has 2 heterocycles. The number of guanidine groups is 1. The molecule has 8 heteroatoms. The van der Waals surface area contributed by atoms with Gasteiger partial charge in [-0.15, -0.1) is 24.0 Å². The third-order valence-electron chi connectivity index (χ3n) is 5.30. The lowest BCUT2D eigenvalue weighted by molar-refractivity contribution is 0.467. The Bertz CT molecular complexity index is 991. The van der Waals surface area contributed by atoms with Crippen LogP contribution < -0.4 is 15.5 Å². The summed E-state index contributed by atoms with van der Waals surface area (Å²) in [5.74, 6) is 0.572. The molecule has 3 aromatic rings. The Morgan fingerprint density at radius 3 is 2.77 bits per heavy atom. The maximum atomic E-state index is 13.6. The molecule has 1 unspecified atom stereocenters. The van der Waals surface area contributed by atoms with Crippen molar-refractivity contribution in [2.24, 2.45) is 4.99 Å². The Kier molecular flexibility index (Phi) is 8.27. The van der Waals surface area contributed by atoms with Crippen LogP contribution in [-0.2, 0) is 6.54 Å². The van der Waals surface area contributed by atoms with E-state index in [1.165, 1.54) is 6.07 Å². The summed E-state index contributed by atoms with van der Waals surface area (Å²) in [4.78, 5) is 6.61. The molecule has 31 heavy (non-hydrogen) atoms. The lowest BCUT2D eigenvalue weighted by atomic mass is 10.0. The summed E-state index contributed by atoms with van der Waals surface area (Å²) < 4.78 is 15.4. The number of hydrogen-bond acceptors (Lipinski definition) is 3. The number of nitrogens with one attached hydrogen (secondary N) is 2. The third kappa shape index (κ3) is 6.19. The molecule has 0 amide bonds. The summed E-state index contributed by atoms with van der Waals surface area (Å²) in [6.45, 7) is 2.42. The van der Waals surface area contributed by atoms with E-state index in [1.54, 1.807) is 25.4 Å². The molecule has 0 radical (unpaired) electrons. The van der Waals surface area contributed by atoms with Gasteiger partial charge in [-0.25, -0.2) is 9.07 Å². The van der Waals surface area contributed by atoms with Crippen LogP contribution in [0.2, 0.25) is 0 Å². The second-order valence-corrected chi connectivity index (χ2v) is 7.46. The van der Waals surface area contributed by atoms with Crippen molar-refractivity contribution in [3.05, 3.63) is 78.4 Å². The minimum absolute atomic E-state index is 0. The molecule has 1 saturated heterocycles. The average molecular weight is 534 g/mol. The molecule has 1 atom stereocenters. The Hall–Kier alpha value is -2.62. The minimum Gasteiger partial charge on any atom is -0.369 e. The quantitative estimate of drug-likeness (QED) is 0.296. The molecule has 1 fully saturated rings. The van der Waals surface area contributed by atoms with Gasteiger partial charge in [0.15, 0.2) is 5.96 Å². The molecule has 4 rings (SSSR count). The smallest absolute Gasteiger partial charge is 0.191 e. The van der Waals surface area contributed by atoms with Gasteiger partial charge in [0, 0.05) is 50.8 Å². The number of piperidine rings is 1. The zero-order valence-electron chi connectivity index (χ0n) is 17.5.